The SMILES string of the molecule is C[C@@H]1CN(c2cccc(CNc3ncnc4[nH]cc([C@@H]5CCOC[C@H]5O)c34)n2)C[C@H](C)N1. The van der Waals surface area contributed by atoms with Crippen LogP contribution in [0.3, 0.4) is 0 Å². The maximum absolute atomic E-state index is 10.5. The number of fused-ring (bicyclic) bond motifs is 1. The fraction of sp³-hybridized carbons (Fsp3) is 0.522. The Balaban J connectivity index is 1.36. The lowest BCUT2D eigenvalue weighted by atomic mass is 9.89. The van der Waals surface area contributed by atoms with Crippen molar-refractivity contribution in [2.45, 2.75) is 50.9 Å². The first-order valence-electron chi connectivity index (χ1n) is 11.4. The van der Waals surface area contributed by atoms with Crippen LogP contribution in [0.1, 0.15) is 37.4 Å². The summed E-state index contributed by atoms with van der Waals surface area (Å²) in [5.74, 6) is 1.76. The number of aliphatic hydroxyl groups excluding tert-OH is 1. The van der Waals surface area contributed by atoms with Gasteiger partial charge in [0.25, 0.3) is 0 Å². The van der Waals surface area contributed by atoms with Gasteiger partial charge in [0.05, 0.1) is 30.3 Å². The molecule has 2 saturated heterocycles. The summed E-state index contributed by atoms with van der Waals surface area (Å²) in [7, 11) is 0. The monoisotopic (exact) mass is 437 g/mol. The second-order valence-corrected chi connectivity index (χ2v) is 8.94. The molecular weight excluding hydrogens is 406 g/mol. The Hall–Kier alpha value is -2.75. The van der Waals surface area contributed by atoms with Crippen LogP contribution in [0.4, 0.5) is 11.6 Å². The highest BCUT2D eigenvalue weighted by Gasteiger charge is 2.29. The first-order chi connectivity index (χ1) is 15.6. The summed E-state index contributed by atoms with van der Waals surface area (Å²) < 4.78 is 5.41. The number of aromatic amines is 1. The molecule has 0 bridgehead atoms. The topological polar surface area (TPSA) is 111 Å². The van der Waals surface area contributed by atoms with Gasteiger partial charge in [-0.15, -0.1) is 0 Å². The van der Waals surface area contributed by atoms with Gasteiger partial charge in [-0.05, 0) is 38.0 Å². The van der Waals surface area contributed by atoms with Crippen molar-refractivity contribution < 1.29 is 9.84 Å². The van der Waals surface area contributed by atoms with Crippen molar-refractivity contribution in [3.05, 3.63) is 42.0 Å². The lowest BCUT2D eigenvalue weighted by Gasteiger charge is -2.37. The van der Waals surface area contributed by atoms with Crippen molar-refractivity contribution in [3.63, 3.8) is 0 Å². The molecular formula is C23H31N7O2. The zero-order valence-corrected chi connectivity index (χ0v) is 18.6. The molecule has 4 atom stereocenters. The average molecular weight is 438 g/mol. The molecule has 9 heteroatoms. The lowest BCUT2D eigenvalue weighted by Crippen LogP contribution is -2.54. The molecule has 5 rings (SSSR count). The second-order valence-electron chi connectivity index (χ2n) is 8.94. The zero-order chi connectivity index (χ0) is 22.1. The Morgan fingerprint density at radius 3 is 2.88 bits per heavy atom. The van der Waals surface area contributed by atoms with E-state index in [1.54, 1.807) is 6.33 Å². The van der Waals surface area contributed by atoms with Crippen molar-refractivity contribution in [1.82, 2.24) is 25.3 Å². The number of hydrogen-bond acceptors (Lipinski definition) is 8. The van der Waals surface area contributed by atoms with Gasteiger partial charge in [0, 0.05) is 43.9 Å². The van der Waals surface area contributed by atoms with Gasteiger partial charge < -0.3 is 30.4 Å². The molecule has 0 saturated carbocycles. The minimum absolute atomic E-state index is 0.00203. The summed E-state index contributed by atoms with van der Waals surface area (Å²) in [5.41, 5.74) is 2.75. The number of anilines is 2. The third kappa shape index (κ3) is 4.28. The van der Waals surface area contributed by atoms with Crippen LogP contribution in [-0.4, -0.2) is 69.5 Å². The highest BCUT2D eigenvalue weighted by Crippen LogP contribution is 2.35. The molecule has 9 nitrogen and oxygen atoms in total. The van der Waals surface area contributed by atoms with Crippen LogP contribution in [-0.2, 0) is 11.3 Å². The van der Waals surface area contributed by atoms with Crippen molar-refractivity contribution in [2.75, 3.05) is 36.5 Å². The predicted octanol–water partition coefficient (Wildman–Crippen LogP) is 2.02. The van der Waals surface area contributed by atoms with E-state index in [2.05, 4.69) is 56.5 Å². The van der Waals surface area contributed by atoms with Crippen molar-refractivity contribution >= 4 is 22.7 Å². The Bertz CT molecular complexity index is 1060. The number of aliphatic hydroxyl groups is 1. The van der Waals surface area contributed by atoms with Crippen LogP contribution in [0, 0.1) is 0 Å². The second kappa shape index (κ2) is 9.01. The number of aromatic nitrogens is 4. The van der Waals surface area contributed by atoms with Crippen molar-refractivity contribution in [1.29, 1.82) is 0 Å². The molecule has 2 aliphatic rings. The molecule has 5 heterocycles. The molecule has 0 aromatic carbocycles. The van der Waals surface area contributed by atoms with E-state index in [4.69, 9.17) is 9.72 Å². The number of piperazine rings is 1. The average Bonchev–Trinajstić information content (AvgIpc) is 3.22. The molecule has 0 spiro atoms. The molecule has 32 heavy (non-hydrogen) atoms. The fourth-order valence-electron chi connectivity index (χ4n) is 4.93. The Morgan fingerprint density at radius 2 is 2.06 bits per heavy atom. The molecule has 3 aromatic heterocycles. The van der Waals surface area contributed by atoms with Gasteiger partial charge in [-0.2, -0.15) is 0 Å². The Morgan fingerprint density at radius 1 is 1.22 bits per heavy atom. The molecule has 0 unspecified atom stereocenters. The number of ether oxygens (including phenoxy) is 1. The van der Waals surface area contributed by atoms with Crippen molar-refractivity contribution in [2.24, 2.45) is 0 Å². The fourth-order valence-corrected chi connectivity index (χ4v) is 4.93. The van der Waals surface area contributed by atoms with E-state index >= 15 is 0 Å². The van der Waals surface area contributed by atoms with Gasteiger partial charge in [0.2, 0.25) is 0 Å². The third-order valence-corrected chi connectivity index (χ3v) is 6.34. The Labute approximate surface area is 187 Å². The molecule has 170 valence electrons. The number of H-pyrrole nitrogens is 1. The van der Waals surface area contributed by atoms with Gasteiger partial charge in [-0.3, -0.25) is 0 Å². The first kappa shape index (κ1) is 21.1. The summed E-state index contributed by atoms with van der Waals surface area (Å²) in [5, 5.41) is 18.4. The third-order valence-electron chi connectivity index (χ3n) is 6.34. The molecule has 2 fully saturated rings. The number of hydrogen-bond donors (Lipinski definition) is 4. The highest BCUT2D eigenvalue weighted by molar-refractivity contribution is 5.90. The van der Waals surface area contributed by atoms with Gasteiger partial charge in [0.1, 0.15) is 23.6 Å². The summed E-state index contributed by atoms with van der Waals surface area (Å²) in [6, 6.07) is 7.04. The van der Waals surface area contributed by atoms with E-state index in [-0.39, 0.29) is 5.92 Å². The molecule has 0 amide bonds. The van der Waals surface area contributed by atoms with Crippen LogP contribution in [0.25, 0.3) is 11.0 Å². The van der Waals surface area contributed by atoms with Crippen molar-refractivity contribution in [3.8, 4) is 0 Å². The van der Waals surface area contributed by atoms with E-state index in [0.29, 0.717) is 31.8 Å². The summed E-state index contributed by atoms with van der Waals surface area (Å²) >= 11 is 0. The lowest BCUT2D eigenvalue weighted by molar-refractivity contribution is -0.0201. The smallest absolute Gasteiger partial charge is 0.143 e. The predicted molar refractivity (Wildman–Crippen MR) is 124 cm³/mol. The minimum atomic E-state index is -0.530. The van der Waals surface area contributed by atoms with Gasteiger partial charge in [0.15, 0.2) is 0 Å². The zero-order valence-electron chi connectivity index (χ0n) is 18.6. The largest absolute Gasteiger partial charge is 0.390 e. The van der Waals surface area contributed by atoms with Crippen LogP contribution < -0.4 is 15.5 Å². The molecule has 0 aliphatic carbocycles. The van der Waals surface area contributed by atoms with E-state index in [1.165, 1.54) is 0 Å². The summed E-state index contributed by atoms with van der Waals surface area (Å²) in [6.45, 7) is 7.86. The van der Waals surface area contributed by atoms with Crippen LogP contribution in [0.2, 0.25) is 0 Å². The number of pyridine rings is 1. The quantitative estimate of drug-likeness (QED) is 0.480. The maximum Gasteiger partial charge on any atom is 0.143 e. The first-order valence-corrected chi connectivity index (χ1v) is 11.4. The number of nitrogens with zero attached hydrogens (tertiary/aromatic N) is 4. The molecule has 2 aliphatic heterocycles. The van der Waals surface area contributed by atoms with E-state index in [1.807, 2.05) is 12.3 Å². The molecule has 3 aromatic rings. The summed E-state index contributed by atoms with van der Waals surface area (Å²) in [4.78, 5) is 19.4. The van der Waals surface area contributed by atoms with Crippen LogP contribution in [0.5, 0.6) is 0 Å². The molecule has 4 N–H and O–H groups in total. The minimum Gasteiger partial charge on any atom is -0.390 e. The Kier molecular flexibility index (Phi) is 5.95. The van der Waals surface area contributed by atoms with Gasteiger partial charge >= 0.3 is 0 Å². The van der Waals surface area contributed by atoms with Crippen LogP contribution in [0.15, 0.2) is 30.7 Å². The van der Waals surface area contributed by atoms with Gasteiger partial charge in [-0.25, -0.2) is 15.0 Å². The number of rotatable bonds is 5. The summed E-state index contributed by atoms with van der Waals surface area (Å²) in [6.07, 6.45) is 3.74. The highest BCUT2D eigenvalue weighted by atomic mass is 16.5. The molecule has 0 radical (unpaired) electrons. The van der Waals surface area contributed by atoms with E-state index in [9.17, 15) is 5.11 Å². The van der Waals surface area contributed by atoms with Gasteiger partial charge in [-0.1, -0.05) is 6.07 Å². The standard InChI is InChI=1S/C23H31N7O2/c1-14-10-30(11-15(2)28-14)20-5-3-4-16(29-20)8-24-22-21-18(9-25-23(21)27-13-26-22)17-6-7-32-12-19(17)31/h3-5,9,13-15,17,19,28,31H,6-8,10-12H2,1-2H3,(H2,24,25,26,27)/t14-,15+,17-,19+/m0/s1. The van der Waals surface area contributed by atoms with E-state index in [0.717, 1.165) is 53.4 Å². The van der Waals surface area contributed by atoms with Crippen LogP contribution >= 0.6 is 0 Å². The number of nitrogens with one attached hydrogen (secondary N) is 3. The maximum atomic E-state index is 10.5. The normalized spacial score (nSPS) is 26.4. The van der Waals surface area contributed by atoms with E-state index < -0.39 is 6.10 Å².